The van der Waals surface area contributed by atoms with Crippen molar-refractivity contribution in [2.75, 3.05) is 16.8 Å². The highest BCUT2D eigenvalue weighted by atomic mass is 32.2. The summed E-state index contributed by atoms with van der Waals surface area (Å²) in [4.78, 5) is 30.3. The topological polar surface area (TPSA) is 108 Å². The molecule has 2 aromatic rings. The van der Waals surface area contributed by atoms with Gasteiger partial charge in [0.25, 0.3) is 0 Å². The number of aromatic nitrogens is 1. The van der Waals surface area contributed by atoms with Crippen LogP contribution in [0.5, 0.6) is 0 Å². The Hall–Kier alpha value is -2.78. The monoisotopic (exact) mass is 470 g/mol. The highest BCUT2D eigenvalue weighted by Gasteiger charge is 2.31. The first-order valence-electron chi connectivity index (χ1n) is 11.4. The third kappa shape index (κ3) is 5.25. The molecule has 1 aromatic heterocycles. The van der Waals surface area contributed by atoms with Gasteiger partial charge in [0, 0.05) is 37.3 Å². The second-order valence-electron chi connectivity index (χ2n) is 9.03. The van der Waals surface area contributed by atoms with Crippen LogP contribution >= 0.6 is 0 Å². The number of carbonyl (C=O) groups excluding carboxylic acids is 2. The number of hydrogen-bond donors (Lipinski definition) is 2. The van der Waals surface area contributed by atoms with E-state index in [0.29, 0.717) is 18.7 Å². The Labute approximate surface area is 194 Å². The molecule has 1 aliphatic carbocycles. The van der Waals surface area contributed by atoms with E-state index in [9.17, 15) is 18.0 Å². The van der Waals surface area contributed by atoms with E-state index in [2.05, 4.69) is 15.0 Å². The summed E-state index contributed by atoms with van der Waals surface area (Å²) in [5, 5.41) is 2.90. The van der Waals surface area contributed by atoms with Crippen LogP contribution in [0.2, 0.25) is 0 Å². The molecule has 1 fully saturated rings. The van der Waals surface area contributed by atoms with Crippen LogP contribution in [0, 0.1) is 11.8 Å². The van der Waals surface area contributed by atoms with Crippen molar-refractivity contribution in [2.45, 2.75) is 56.9 Å². The van der Waals surface area contributed by atoms with Crippen molar-refractivity contribution in [1.82, 2.24) is 9.71 Å². The minimum absolute atomic E-state index is 0.00555. The molecule has 1 unspecified atom stereocenters. The Morgan fingerprint density at radius 1 is 1.15 bits per heavy atom. The third-order valence-corrected chi connectivity index (χ3v) is 8.05. The zero-order chi connectivity index (χ0) is 23.6. The van der Waals surface area contributed by atoms with Gasteiger partial charge in [0.05, 0.1) is 16.8 Å². The summed E-state index contributed by atoms with van der Waals surface area (Å²) in [6, 6.07) is 8.57. The summed E-state index contributed by atoms with van der Waals surface area (Å²) >= 11 is 0. The number of hydrogen-bond acceptors (Lipinski definition) is 5. The second-order valence-corrected chi connectivity index (χ2v) is 10.8. The molecule has 176 valence electrons. The predicted octanol–water partition coefficient (Wildman–Crippen LogP) is 3.10. The first-order valence-corrected chi connectivity index (χ1v) is 12.9. The van der Waals surface area contributed by atoms with E-state index in [0.717, 1.165) is 36.9 Å². The lowest BCUT2D eigenvalue weighted by Gasteiger charge is -2.27. The SMILES string of the molecule is CC(=O)N1c2ccc(S(=O)(=O)NCC3CCC(C(=O)Nc4cccnc4)CC3)cc2CC1C. The van der Waals surface area contributed by atoms with Crippen molar-refractivity contribution in [1.29, 1.82) is 0 Å². The largest absolute Gasteiger partial charge is 0.324 e. The maximum Gasteiger partial charge on any atom is 0.240 e. The van der Waals surface area contributed by atoms with Gasteiger partial charge in [-0.1, -0.05) is 0 Å². The Bertz CT molecular complexity index is 1130. The molecule has 9 heteroatoms. The minimum Gasteiger partial charge on any atom is -0.324 e. The van der Waals surface area contributed by atoms with Gasteiger partial charge in [-0.15, -0.1) is 0 Å². The quantitative estimate of drug-likeness (QED) is 0.674. The molecule has 2 N–H and O–H groups in total. The number of nitrogens with zero attached hydrogens (tertiary/aromatic N) is 2. The van der Waals surface area contributed by atoms with Crippen LogP contribution in [0.15, 0.2) is 47.6 Å². The van der Waals surface area contributed by atoms with E-state index in [-0.39, 0.29) is 34.6 Å². The molecule has 1 atom stereocenters. The van der Waals surface area contributed by atoms with Gasteiger partial charge in [-0.3, -0.25) is 14.6 Å². The molecule has 1 aromatic carbocycles. The molecule has 0 bridgehead atoms. The number of sulfonamides is 1. The lowest BCUT2D eigenvalue weighted by molar-refractivity contribution is -0.121. The number of fused-ring (bicyclic) bond motifs is 1. The molecule has 2 aliphatic rings. The summed E-state index contributed by atoms with van der Waals surface area (Å²) in [6.45, 7) is 3.84. The van der Waals surface area contributed by atoms with Gasteiger partial charge in [0.15, 0.2) is 0 Å². The summed E-state index contributed by atoms with van der Waals surface area (Å²) in [6.07, 6.45) is 6.98. The fourth-order valence-corrected chi connectivity index (χ4v) is 6.04. The molecule has 2 heterocycles. The molecule has 0 radical (unpaired) electrons. The molecule has 4 rings (SSSR count). The first kappa shape index (κ1) is 23.4. The van der Waals surface area contributed by atoms with E-state index < -0.39 is 10.0 Å². The average Bonchev–Trinajstić information content (AvgIpc) is 3.14. The van der Waals surface area contributed by atoms with Gasteiger partial charge in [-0.05, 0) is 80.8 Å². The van der Waals surface area contributed by atoms with Crippen molar-refractivity contribution >= 4 is 33.2 Å². The molecule has 2 amide bonds. The zero-order valence-corrected chi connectivity index (χ0v) is 19.8. The fourth-order valence-electron chi connectivity index (χ4n) is 4.88. The van der Waals surface area contributed by atoms with Crippen molar-refractivity contribution in [3.05, 3.63) is 48.3 Å². The van der Waals surface area contributed by atoms with Crippen molar-refractivity contribution in [3.8, 4) is 0 Å². The summed E-state index contributed by atoms with van der Waals surface area (Å²) in [7, 11) is -3.65. The zero-order valence-electron chi connectivity index (χ0n) is 19.0. The van der Waals surface area contributed by atoms with Crippen LogP contribution in [0.3, 0.4) is 0 Å². The van der Waals surface area contributed by atoms with Gasteiger partial charge < -0.3 is 10.2 Å². The van der Waals surface area contributed by atoms with Crippen LogP contribution in [-0.2, 0) is 26.0 Å². The van der Waals surface area contributed by atoms with Gasteiger partial charge in [0.2, 0.25) is 21.8 Å². The number of anilines is 2. The van der Waals surface area contributed by atoms with Crippen molar-refractivity contribution in [2.24, 2.45) is 11.8 Å². The van der Waals surface area contributed by atoms with E-state index in [4.69, 9.17) is 0 Å². The molecule has 0 saturated heterocycles. The van der Waals surface area contributed by atoms with Crippen LogP contribution in [0.25, 0.3) is 0 Å². The van der Waals surface area contributed by atoms with Crippen molar-refractivity contribution < 1.29 is 18.0 Å². The number of carbonyl (C=O) groups is 2. The van der Waals surface area contributed by atoms with E-state index >= 15 is 0 Å². The van der Waals surface area contributed by atoms with Gasteiger partial charge in [-0.25, -0.2) is 13.1 Å². The summed E-state index contributed by atoms with van der Waals surface area (Å²) in [5.74, 6) is 0.0829. The second kappa shape index (κ2) is 9.61. The molecular weight excluding hydrogens is 440 g/mol. The normalized spacial score (nSPS) is 22.6. The first-order chi connectivity index (χ1) is 15.7. The van der Waals surface area contributed by atoms with Gasteiger partial charge in [-0.2, -0.15) is 0 Å². The van der Waals surface area contributed by atoms with Crippen LogP contribution < -0.4 is 14.9 Å². The number of pyridine rings is 1. The predicted molar refractivity (Wildman–Crippen MR) is 126 cm³/mol. The van der Waals surface area contributed by atoms with Crippen molar-refractivity contribution in [3.63, 3.8) is 0 Å². The molecule has 8 nitrogen and oxygen atoms in total. The highest BCUT2D eigenvalue weighted by molar-refractivity contribution is 7.89. The highest BCUT2D eigenvalue weighted by Crippen LogP contribution is 2.34. The molecule has 0 spiro atoms. The van der Waals surface area contributed by atoms with E-state index in [1.807, 2.05) is 13.0 Å². The van der Waals surface area contributed by atoms with E-state index in [1.54, 1.807) is 41.6 Å². The Morgan fingerprint density at radius 2 is 1.91 bits per heavy atom. The fraction of sp³-hybridized carbons (Fsp3) is 0.458. The maximum atomic E-state index is 12.9. The molecule has 1 aliphatic heterocycles. The smallest absolute Gasteiger partial charge is 0.240 e. The van der Waals surface area contributed by atoms with Crippen LogP contribution in [0.1, 0.15) is 45.1 Å². The van der Waals surface area contributed by atoms with Crippen LogP contribution in [-0.4, -0.2) is 37.8 Å². The number of benzene rings is 1. The molecule has 1 saturated carbocycles. The van der Waals surface area contributed by atoms with Gasteiger partial charge in [0.1, 0.15) is 0 Å². The summed E-state index contributed by atoms with van der Waals surface area (Å²) in [5.41, 5.74) is 2.35. The standard InChI is InChI=1S/C24H30N4O4S/c1-16-12-20-13-22(9-10-23(20)28(16)17(2)29)33(31,32)26-14-18-5-7-19(8-6-18)24(30)27-21-4-3-11-25-15-21/h3-4,9-11,13,15-16,18-19,26H,5-8,12,14H2,1-2H3,(H,27,30). The lowest BCUT2D eigenvalue weighted by Crippen LogP contribution is -2.34. The van der Waals surface area contributed by atoms with Crippen LogP contribution in [0.4, 0.5) is 11.4 Å². The van der Waals surface area contributed by atoms with Gasteiger partial charge >= 0.3 is 0 Å². The molecule has 33 heavy (non-hydrogen) atoms. The maximum absolute atomic E-state index is 12.9. The average molecular weight is 471 g/mol. The number of nitrogens with one attached hydrogen (secondary N) is 2. The lowest BCUT2D eigenvalue weighted by atomic mass is 9.81. The number of amides is 2. The molecular formula is C24H30N4O4S. The Kier molecular flexibility index (Phi) is 6.81. The Morgan fingerprint density at radius 3 is 2.58 bits per heavy atom. The Balaban J connectivity index is 1.30. The third-order valence-electron chi connectivity index (χ3n) is 6.62. The van der Waals surface area contributed by atoms with E-state index in [1.165, 1.54) is 6.92 Å². The number of rotatable bonds is 6. The summed E-state index contributed by atoms with van der Waals surface area (Å²) < 4.78 is 28.5. The minimum atomic E-state index is -3.65.